The van der Waals surface area contributed by atoms with Crippen molar-refractivity contribution in [2.75, 3.05) is 36.4 Å². The maximum Gasteiger partial charge on any atom is 0.257 e. The smallest absolute Gasteiger partial charge is 0.257 e. The van der Waals surface area contributed by atoms with E-state index in [0.717, 1.165) is 37.6 Å². The molecule has 5 rings (SSSR count). The van der Waals surface area contributed by atoms with E-state index in [-0.39, 0.29) is 5.91 Å². The summed E-state index contributed by atoms with van der Waals surface area (Å²) < 4.78 is 14.4. The zero-order chi connectivity index (χ0) is 20.7. The van der Waals surface area contributed by atoms with Crippen LogP contribution in [0.5, 0.6) is 0 Å². The minimum atomic E-state index is -0.408. The van der Waals surface area contributed by atoms with E-state index in [1.54, 1.807) is 24.5 Å². The van der Waals surface area contributed by atoms with E-state index in [1.807, 2.05) is 19.1 Å². The molecule has 1 aliphatic heterocycles. The van der Waals surface area contributed by atoms with Crippen molar-refractivity contribution in [3.8, 4) is 0 Å². The Bertz CT molecular complexity index is 1260. The van der Waals surface area contributed by atoms with Gasteiger partial charge in [-0.1, -0.05) is 0 Å². The van der Waals surface area contributed by atoms with Gasteiger partial charge in [0, 0.05) is 55.3 Å². The molecule has 3 N–H and O–H groups in total. The third-order valence-corrected chi connectivity index (χ3v) is 5.38. The van der Waals surface area contributed by atoms with Gasteiger partial charge >= 0.3 is 0 Å². The van der Waals surface area contributed by atoms with E-state index < -0.39 is 5.82 Å². The van der Waals surface area contributed by atoms with Gasteiger partial charge in [0.25, 0.3) is 5.91 Å². The number of aryl methyl sites for hydroxylation is 1. The summed E-state index contributed by atoms with van der Waals surface area (Å²) in [5.74, 6) is -0.757. The molecule has 30 heavy (non-hydrogen) atoms. The second kappa shape index (κ2) is 7.38. The van der Waals surface area contributed by atoms with Crippen molar-refractivity contribution >= 4 is 39.2 Å². The lowest BCUT2D eigenvalue weighted by Crippen LogP contribution is -2.43. The molecule has 3 heterocycles. The van der Waals surface area contributed by atoms with Crippen LogP contribution in [0.4, 0.5) is 15.8 Å². The number of anilines is 2. The molecule has 152 valence electrons. The summed E-state index contributed by atoms with van der Waals surface area (Å²) in [6, 6.07) is 8.59. The lowest BCUT2D eigenvalue weighted by Gasteiger charge is -2.30. The minimum Gasteiger partial charge on any atom is -0.367 e. The number of amides is 1. The van der Waals surface area contributed by atoms with Crippen LogP contribution >= 0.6 is 0 Å². The zero-order valence-electron chi connectivity index (χ0n) is 16.5. The van der Waals surface area contributed by atoms with E-state index in [0.29, 0.717) is 33.2 Å². The van der Waals surface area contributed by atoms with Gasteiger partial charge in [-0.25, -0.2) is 4.39 Å². The summed E-state index contributed by atoms with van der Waals surface area (Å²) in [4.78, 5) is 27.2. The van der Waals surface area contributed by atoms with Crippen molar-refractivity contribution in [1.29, 1.82) is 0 Å². The van der Waals surface area contributed by atoms with Gasteiger partial charge in [-0.2, -0.15) is 0 Å². The molecule has 4 aromatic rings. The number of hydrogen-bond donors (Lipinski definition) is 3. The van der Waals surface area contributed by atoms with Crippen LogP contribution in [0, 0.1) is 12.7 Å². The van der Waals surface area contributed by atoms with E-state index in [4.69, 9.17) is 0 Å². The number of aromatic amines is 1. The summed E-state index contributed by atoms with van der Waals surface area (Å²) in [5.41, 5.74) is 4.28. The van der Waals surface area contributed by atoms with Gasteiger partial charge in [-0.3, -0.25) is 14.8 Å². The normalized spacial score (nSPS) is 14.4. The number of aromatic nitrogens is 3. The first kappa shape index (κ1) is 18.5. The van der Waals surface area contributed by atoms with Crippen LogP contribution in [0.15, 0.2) is 42.7 Å². The molecule has 0 aliphatic carbocycles. The number of rotatable bonds is 3. The van der Waals surface area contributed by atoms with Gasteiger partial charge < -0.3 is 20.5 Å². The van der Waals surface area contributed by atoms with Gasteiger partial charge in [-0.15, -0.1) is 0 Å². The topological polar surface area (TPSA) is 85.9 Å². The molecule has 0 unspecified atom stereocenters. The molecular formula is C22H21FN6O. The molecule has 1 aliphatic rings. The largest absolute Gasteiger partial charge is 0.367 e. The average Bonchev–Trinajstić information content (AvgIpc) is 3.14. The Morgan fingerprint density at radius 1 is 1.10 bits per heavy atom. The number of benzene rings is 2. The van der Waals surface area contributed by atoms with Crippen LogP contribution < -0.4 is 15.5 Å². The highest BCUT2D eigenvalue weighted by atomic mass is 19.1. The van der Waals surface area contributed by atoms with E-state index in [2.05, 4.69) is 30.5 Å². The van der Waals surface area contributed by atoms with Gasteiger partial charge in [0.15, 0.2) is 0 Å². The summed E-state index contributed by atoms with van der Waals surface area (Å²) in [7, 11) is 0. The summed E-state index contributed by atoms with van der Waals surface area (Å²) in [6.07, 6.45) is 3.21. The fraction of sp³-hybridized carbons (Fsp3) is 0.227. The van der Waals surface area contributed by atoms with Gasteiger partial charge in [-0.05, 0) is 37.3 Å². The number of carbonyl (C=O) groups is 1. The average molecular weight is 404 g/mol. The molecule has 0 spiro atoms. The third-order valence-electron chi connectivity index (χ3n) is 5.38. The van der Waals surface area contributed by atoms with Crippen molar-refractivity contribution in [3.05, 3.63) is 59.8 Å². The fourth-order valence-electron chi connectivity index (χ4n) is 4.00. The Morgan fingerprint density at radius 2 is 1.87 bits per heavy atom. The molecule has 0 bridgehead atoms. The molecule has 0 saturated carbocycles. The van der Waals surface area contributed by atoms with Crippen LogP contribution in [-0.4, -0.2) is 47.0 Å². The summed E-state index contributed by atoms with van der Waals surface area (Å²) in [6.45, 7) is 5.40. The number of hydrogen-bond acceptors (Lipinski definition) is 5. The number of carbonyl (C=O) groups excluding carboxylic acids is 1. The standard InChI is InChI=1S/C22H21FN6O/c1-13-10-14-11-15(12-17(23)19(14)27-13)28-22(30)16-2-3-18(29-8-6-24-7-9-29)21-20(16)25-4-5-26-21/h2-5,10-12,24,27H,6-9H2,1H3,(H,28,30). The molecule has 0 atom stereocenters. The van der Waals surface area contributed by atoms with Crippen LogP contribution in [0.1, 0.15) is 16.1 Å². The summed E-state index contributed by atoms with van der Waals surface area (Å²) >= 11 is 0. The number of H-pyrrole nitrogens is 1. The van der Waals surface area contributed by atoms with E-state index >= 15 is 0 Å². The molecule has 8 heteroatoms. The first-order chi connectivity index (χ1) is 14.6. The molecule has 2 aromatic heterocycles. The van der Waals surface area contributed by atoms with Crippen molar-refractivity contribution < 1.29 is 9.18 Å². The Hall–Kier alpha value is -3.52. The van der Waals surface area contributed by atoms with E-state index in [9.17, 15) is 9.18 Å². The number of halogens is 1. The number of nitrogens with one attached hydrogen (secondary N) is 3. The van der Waals surface area contributed by atoms with Crippen molar-refractivity contribution in [2.24, 2.45) is 0 Å². The van der Waals surface area contributed by atoms with Crippen LogP contribution in [0.3, 0.4) is 0 Å². The van der Waals surface area contributed by atoms with Crippen molar-refractivity contribution in [1.82, 2.24) is 20.3 Å². The number of nitrogens with zero attached hydrogens (tertiary/aromatic N) is 3. The highest BCUT2D eigenvalue weighted by Crippen LogP contribution is 2.28. The lowest BCUT2D eigenvalue weighted by molar-refractivity contribution is 0.102. The second-order valence-corrected chi connectivity index (χ2v) is 7.45. The Kier molecular flexibility index (Phi) is 4.55. The van der Waals surface area contributed by atoms with Gasteiger partial charge in [0.05, 0.1) is 16.8 Å². The van der Waals surface area contributed by atoms with Crippen molar-refractivity contribution in [2.45, 2.75) is 6.92 Å². The van der Waals surface area contributed by atoms with Crippen LogP contribution in [0.25, 0.3) is 21.9 Å². The monoisotopic (exact) mass is 404 g/mol. The Morgan fingerprint density at radius 3 is 2.67 bits per heavy atom. The Labute approximate surface area is 172 Å². The lowest BCUT2D eigenvalue weighted by atomic mass is 10.1. The van der Waals surface area contributed by atoms with Crippen LogP contribution in [0.2, 0.25) is 0 Å². The van der Waals surface area contributed by atoms with Gasteiger partial charge in [0.2, 0.25) is 0 Å². The van der Waals surface area contributed by atoms with Crippen molar-refractivity contribution in [3.63, 3.8) is 0 Å². The predicted octanol–water partition coefficient (Wildman–Crippen LogP) is 3.22. The predicted molar refractivity (Wildman–Crippen MR) is 116 cm³/mol. The molecule has 2 aromatic carbocycles. The third kappa shape index (κ3) is 3.25. The first-order valence-corrected chi connectivity index (χ1v) is 9.90. The highest BCUT2D eigenvalue weighted by Gasteiger charge is 2.19. The molecule has 1 saturated heterocycles. The highest BCUT2D eigenvalue weighted by molar-refractivity contribution is 6.13. The molecule has 1 amide bonds. The van der Waals surface area contributed by atoms with E-state index in [1.165, 1.54) is 6.07 Å². The zero-order valence-corrected chi connectivity index (χ0v) is 16.5. The SMILES string of the molecule is Cc1cc2cc(NC(=O)c3ccc(N4CCNCC4)c4nccnc34)cc(F)c2[nH]1. The minimum absolute atomic E-state index is 0.349. The molecule has 0 radical (unpaired) electrons. The van der Waals surface area contributed by atoms with Gasteiger partial charge in [0.1, 0.15) is 16.9 Å². The maximum absolute atomic E-state index is 14.4. The Balaban J connectivity index is 1.51. The number of fused-ring (bicyclic) bond motifs is 2. The fourth-order valence-corrected chi connectivity index (χ4v) is 4.00. The molecular weight excluding hydrogens is 383 g/mol. The summed E-state index contributed by atoms with van der Waals surface area (Å²) in [5, 5.41) is 6.85. The first-order valence-electron chi connectivity index (χ1n) is 9.90. The second-order valence-electron chi connectivity index (χ2n) is 7.45. The number of piperazine rings is 1. The molecule has 1 fully saturated rings. The molecule has 7 nitrogen and oxygen atoms in total. The van der Waals surface area contributed by atoms with Crippen LogP contribution in [-0.2, 0) is 0 Å². The maximum atomic E-state index is 14.4. The quantitative estimate of drug-likeness (QED) is 0.488.